The van der Waals surface area contributed by atoms with Crippen LogP contribution >= 0.6 is 12.4 Å². The molecule has 2 atom stereocenters. The predicted octanol–water partition coefficient (Wildman–Crippen LogP) is 2.30. The van der Waals surface area contributed by atoms with Crippen LogP contribution in [0.2, 0.25) is 0 Å². The van der Waals surface area contributed by atoms with Crippen molar-refractivity contribution in [2.75, 3.05) is 19.6 Å². The molecular weight excluding hydrogens is 338 g/mol. The summed E-state index contributed by atoms with van der Waals surface area (Å²) in [5, 5.41) is 2.67. The lowest BCUT2D eigenvalue weighted by atomic mass is 9.92. The maximum atomic E-state index is 12.4. The van der Waals surface area contributed by atoms with E-state index in [1.54, 1.807) is 0 Å². The molecule has 1 unspecified atom stereocenters. The monoisotopic (exact) mass is 367 g/mol. The van der Waals surface area contributed by atoms with E-state index in [4.69, 9.17) is 5.73 Å². The molecule has 2 amide bonds. The van der Waals surface area contributed by atoms with E-state index in [9.17, 15) is 9.59 Å². The van der Waals surface area contributed by atoms with Crippen LogP contribution in [0.25, 0.3) is 0 Å². The first kappa shape index (κ1) is 21.5. The lowest BCUT2D eigenvalue weighted by Gasteiger charge is -2.22. The zero-order valence-electron chi connectivity index (χ0n) is 15.1. The Bertz CT molecular complexity index is 551. The predicted molar refractivity (Wildman–Crippen MR) is 103 cm³/mol. The molecule has 0 radical (unpaired) electrons. The molecular formula is C19H30ClN3O2. The van der Waals surface area contributed by atoms with E-state index in [2.05, 4.69) is 29.6 Å². The van der Waals surface area contributed by atoms with Gasteiger partial charge in [-0.05, 0) is 36.7 Å². The molecule has 25 heavy (non-hydrogen) atoms. The molecule has 0 aromatic heterocycles. The summed E-state index contributed by atoms with van der Waals surface area (Å²) in [6.07, 6.45) is 3.05. The molecule has 0 spiro atoms. The SMILES string of the molecule is CC(C)[C@H](N)C(=O)NCC(=O)N1CCCC(c2ccccc2)CC1.Cl. The van der Waals surface area contributed by atoms with Gasteiger partial charge in [-0.15, -0.1) is 12.4 Å². The van der Waals surface area contributed by atoms with Gasteiger partial charge < -0.3 is 16.0 Å². The Morgan fingerprint density at radius 2 is 1.88 bits per heavy atom. The zero-order valence-corrected chi connectivity index (χ0v) is 15.9. The second-order valence-corrected chi connectivity index (χ2v) is 6.91. The number of benzene rings is 1. The Balaban J connectivity index is 0.00000312. The first-order valence-electron chi connectivity index (χ1n) is 8.85. The van der Waals surface area contributed by atoms with Crippen LogP contribution in [0.15, 0.2) is 30.3 Å². The standard InChI is InChI=1S/C19H29N3O2.ClH/c1-14(2)18(20)19(24)21-13-17(23)22-11-6-9-16(10-12-22)15-7-4-3-5-8-15;/h3-5,7-8,14,16,18H,6,9-13,20H2,1-2H3,(H,21,24);1H/t16?,18-;/m0./s1. The van der Waals surface area contributed by atoms with Crippen LogP contribution in [0, 0.1) is 5.92 Å². The number of nitrogens with zero attached hydrogens (tertiary/aromatic N) is 1. The first-order valence-corrected chi connectivity index (χ1v) is 8.85. The number of hydrogen-bond acceptors (Lipinski definition) is 3. The van der Waals surface area contributed by atoms with Crippen molar-refractivity contribution < 1.29 is 9.59 Å². The van der Waals surface area contributed by atoms with Gasteiger partial charge in [-0.25, -0.2) is 0 Å². The molecule has 1 aliphatic heterocycles. The third-order valence-electron chi connectivity index (χ3n) is 4.79. The molecule has 1 aromatic rings. The van der Waals surface area contributed by atoms with Crippen LogP contribution in [-0.2, 0) is 9.59 Å². The van der Waals surface area contributed by atoms with Gasteiger partial charge in [0.2, 0.25) is 11.8 Å². The summed E-state index contributed by atoms with van der Waals surface area (Å²) in [4.78, 5) is 26.1. The molecule has 0 aliphatic carbocycles. The van der Waals surface area contributed by atoms with Gasteiger partial charge in [-0.3, -0.25) is 9.59 Å². The van der Waals surface area contributed by atoms with Crippen molar-refractivity contribution >= 4 is 24.2 Å². The summed E-state index contributed by atoms with van der Waals surface area (Å²) >= 11 is 0. The average molecular weight is 368 g/mol. The number of nitrogens with one attached hydrogen (secondary N) is 1. The third kappa shape index (κ3) is 6.33. The number of rotatable bonds is 5. The number of halogens is 1. The Hall–Kier alpha value is -1.59. The lowest BCUT2D eigenvalue weighted by molar-refractivity contribution is -0.133. The van der Waals surface area contributed by atoms with Gasteiger partial charge in [0.25, 0.3) is 0 Å². The molecule has 5 nitrogen and oxygen atoms in total. The van der Waals surface area contributed by atoms with Crippen molar-refractivity contribution in [1.82, 2.24) is 10.2 Å². The fraction of sp³-hybridized carbons (Fsp3) is 0.579. The molecule has 140 valence electrons. The molecule has 6 heteroatoms. The maximum absolute atomic E-state index is 12.4. The molecule has 0 bridgehead atoms. The van der Waals surface area contributed by atoms with Crippen molar-refractivity contribution in [2.24, 2.45) is 11.7 Å². The molecule has 1 heterocycles. The van der Waals surface area contributed by atoms with Gasteiger partial charge in [0.05, 0.1) is 12.6 Å². The molecule has 0 saturated carbocycles. The highest BCUT2D eigenvalue weighted by Gasteiger charge is 2.23. The lowest BCUT2D eigenvalue weighted by Crippen LogP contribution is -2.48. The number of carbonyl (C=O) groups excluding carboxylic acids is 2. The number of likely N-dealkylation sites (tertiary alicyclic amines) is 1. The average Bonchev–Trinajstić information content (AvgIpc) is 2.85. The summed E-state index contributed by atoms with van der Waals surface area (Å²) in [6, 6.07) is 9.92. The van der Waals surface area contributed by atoms with Crippen LogP contribution in [-0.4, -0.2) is 42.4 Å². The first-order chi connectivity index (χ1) is 11.5. The summed E-state index contributed by atoms with van der Waals surface area (Å²) < 4.78 is 0. The highest BCUT2D eigenvalue weighted by Crippen LogP contribution is 2.27. The van der Waals surface area contributed by atoms with Crippen LogP contribution in [0.1, 0.15) is 44.6 Å². The fourth-order valence-electron chi connectivity index (χ4n) is 3.10. The maximum Gasteiger partial charge on any atom is 0.241 e. The van der Waals surface area contributed by atoms with Gasteiger partial charge in [0.1, 0.15) is 0 Å². The van der Waals surface area contributed by atoms with Crippen molar-refractivity contribution in [3.05, 3.63) is 35.9 Å². The topological polar surface area (TPSA) is 75.4 Å². The minimum Gasteiger partial charge on any atom is -0.346 e. The van der Waals surface area contributed by atoms with Crippen molar-refractivity contribution in [2.45, 2.75) is 45.1 Å². The van der Waals surface area contributed by atoms with E-state index < -0.39 is 6.04 Å². The largest absolute Gasteiger partial charge is 0.346 e. The van der Waals surface area contributed by atoms with E-state index in [0.717, 1.165) is 32.4 Å². The second-order valence-electron chi connectivity index (χ2n) is 6.91. The Morgan fingerprint density at radius 3 is 2.52 bits per heavy atom. The van der Waals surface area contributed by atoms with Crippen molar-refractivity contribution in [3.8, 4) is 0 Å². The van der Waals surface area contributed by atoms with Gasteiger partial charge >= 0.3 is 0 Å². The second kappa shape index (κ2) is 10.4. The highest BCUT2D eigenvalue weighted by molar-refractivity contribution is 5.87. The van der Waals surface area contributed by atoms with Crippen LogP contribution < -0.4 is 11.1 Å². The van der Waals surface area contributed by atoms with Crippen LogP contribution in [0.5, 0.6) is 0 Å². The summed E-state index contributed by atoms with van der Waals surface area (Å²) in [6.45, 7) is 5.32. The van der Waals surface area contributed by atoms with Crippen molar-refractivity contribution in [3.63, 3.8) is 0 Å². The molecule has 2 rings (SSSR count). The molecule has 3 N–H and O–H groups in total. The Kier molecular flexibility index (Phi) is 8.93. The molecule has 1 aromatic carbocycles. The number of carbonyl (C=O) groups is 2. The highest BCUT2D eigenvalue weighted by atomic mass is 35.5. The quantitative estimate of drug-likeness (QED) is 0.838. The normalized spacial score (nSPS) is 18.9. The smallest absolute Gasteiger partial charge is 0.241 e. The molecule has 1 saturated heterocycles. The molecule has 1 aliphatic rings. The number of hydrogen-bond donors (Lipinski definition) is 2. The summed E-state index contributed by atoms with van der Waals surface area (Å²) in [7, 11) is 0. The van der Waals surface area contributed by atoms with E-state index in [1.807, 2.05) is 24.8 Å². The Morgan fingerprint density at radius 1 is 1.20 bits per heavy atom. The van der Waals surface area contributed by atoms with E-state index in [0.29, 0.717) is 5.92 Å². The molecule has 1 fully saturated rings. The van der Waals surface area contributed by atoms with Gasteiger partial charge in [-0.2, -0.15) is 0 Å². The van der Waals surface area contributed by atoms with Gasteiger partial charge in [-0.1, -0.05) is 44.2 Å². The Labute approximate surface area is 156 Å². The minimum atomic E-state index is -0.565. The minimum absolute atomic E-state index is 0. The van der Waals surface area contributed by atoms with E-state index >= 15 is 0 Å². The number of nitrogens with two attached hydrogens (primary N) is 1. The number of amides is 2. The zero-order chi connectivity index (χ0) is 17.5. The van der Waals surface area contributed by atoms with E-state index in [-0.39, 0.29) is 36.7 Å². The van der Waals surface area contributed by atoms with Gasteiger partial charge in [0.15, 0.2) is 0 Å². The summed E-state index contributed by atoms with van der Waals surface area (Å²) in [5.41, 5.74) is 7.15. The third-order valence-corrected chi connectivity index (χ3v) is 4.79. The fourth-order valence-corrected chi connectivity index (χ4v) is 3.10. The van der Waals surface area contributed by atoms with Crippen LogP contribution in [0.4, 0.5) is 0 Å². The van der Waals surface area contributed by atoms with Crippen LogP contribution in [0.3, 0.4) is 0 Å². The van der Waals surface area contributed by atoms with Gasteiger partial charge in [0, 0.05) is 13.1 Å². The summed E-state index contributed by atoms with van der Waals surface area (Å²) in [5.74, 6) is 0.293. The van der Waals surface area contributed by atoms with Crippen molar-refractivity contribution in [1.29, 1.82) is 0 Å². The van der Waals surface area contributed by atoms with E-state index in [1.165, 1.54) is 5.56 Å².